The molecule has 2 aliphatic heterocycles. The van der Waals surface area contributed by atoms with Crippen LogP contribution in [0.15, 0.2) is 6.33 Å². The third kappa shape index (κ3) is 2.90. The molecule has 1 N–H and O–H groups in total. The highest BCUT2D eigenvalue weighted by Gasteiger charge is 2.30. The Balaban J connectivity index is 1.86. The molecule has 1 aromatic heterocycles. The van der Waals surface area contributed by atoms with E-state index in [1.807, 2.05) is 0 Å². The zero-order chi connectivity index (χ0) is 14.7. The quantitative estimate of drug-likeness (QED) is 0.909. The van der Waals surface area contributed by atoms with Crippen LogP contribution in [0.25, 0.3) is 0 Å². The summed E-state index contributed by atoms with van der Waals surface area (Å²) in [5.41, 5.74) is 0. The van der Waals surface area contributed by atoms with Gasteiger partial charge in [-0.3, -0.25) is 4.90 Å². The molecule has 3 heterocycles. The maximum atomic E-state index is 5.59. The highest BCUT2D eigenvalue weighted by atomic mass is 16.5. The Morgan fingerprint density at radius 1 is 1.29 bits per heavy atom. The predicted octanol–water partition coefficient (Wildman–Crippen LogP) is 1.59. The largest absolute Gasteiger partial charge is 0.490 e. The van der Waals surface area contributed by atoms with Gasteiger partial charge in [0.25, 0.3) is 0 Å². The van der Waals surface area contributed by atoms with Crippen molar-refractivity contribution in [2.45, 2.75) is 32.2 Å². The second-order valence-electron chi connectivity index (χ2n) is 5.74. The molecule has 0 spiro atoms. The molecule has 0 amide bonds. The fourth-order valence-electron chi connectivity index (χ4n) is 3.47. The number of aromatic nitrogens is 2. The molecule has 2 fully saturated rings. The van der Waals surface area contributed by atoms with Crippen LogP contribution in [0.4, 0.5) is 11.6 Å². The lowest BCUT2D eigenvalue weighted by atomic mass is 10.2. The molecular weight excluding hydrogens is 266 g/mol. The second kappa shape index (κ2) is 6.47. The molecule has 0 bridgehead atoms. The predicted molar refractivity (Wildman–Crippen MR) is 84.2 cm³/mol. The molecule has 3 rings (SSSR count). The molecule has 21 heavy (non-hydrogen) atoms. The first-order chi connectivity index (χ1) is 10.3. The first kappa shape index (κ1) is 14.4. The third-order valence-electron chi connectivity index (χ3n) is 4.44. The summed E-state index contributed by atoms with van der Waals surface area (Å²) in [6.45, 7) is 7.41. The smallest absolute Gasteiger partial charge is 0.204 e. The average Bonchev–Trinajstić information content (AvgIpc) is 2.84. The second-order valence-corrected chi connectivity index (χ2v) is 5.74. The molecule has 116 valence electrons. The van der Waals surface area contributed by atoms with E-state index in [1.165, 1.54) is 32.4 Å². The number of methoxy groups -OCH3 is 1. The van der Waals surface area contributed by atoms with Gasteiger partial charge in [-0.2, -0.15) is 0 Å². The van der Waals surface area contributed by atoms with Crippen molar-refractivity contribution < 1.29 is 4.74 Å². The molecule has 2 saturated heterocycles. The van der Waals surface area contributed by atoms with Crippen molar-refractivity contribution in [3.05, 3.63) is 6.33 Å². The van der Waals surface area contributed by atoms with Gasteiger partial charge in [0.2, 0.25) is 5.75 Å². The van der Waals surface area contributed by atoms with Crippen molar-refractivity contribution in [1.29, 1.82) is 0 Å². The summed E-state index contributed by atoms with van der Waals surface area (Å²) in [5, 5.41) is 3.26. The van der Waals surface area contributed by atoms with Gasteiger partial charge in [0.1, 0.15) is 6.33 Å². The Morgan fingerprint density at radius 3 is 2.95 bits per heavy atom. The highest BCUT2D eigenvalue weighted by molar-refractivity contribution is 5.64. The molecule has 0 radical (unpaired) electrons. The average molecular weight is 291 g/mol. The van der Waals surface area contributed by atoms with Crippen LogP contribution in [0, 0.1) is 0 Å². The van der Waals surface area contributed by atoms with E-state index in [2.05, 4.69) is 32.0 Å². The van der Waals surface area contributed by atoms with Gasteiger partial charge in [-0.05, 0) is 32.7 Å². The lowest BCUT2D eigenvalue weighted by Gasteiger charge is -2.27. The first-order valence-electron chi connectivity index (χ1n) is 7.95. The van der Waals surface area contributed by atoms with E-state index in [1.54, 1.807) is 13.4 Å². The van der Waals surface area contributed by atoms with Gasteiger partial charge in [0, 0.05) is 32.2 Å². The van der Waals surface area contributed by atoms with E-state index in [-0.39, 0.29) is 0 Å². The van der Waals surface area contributed by atoms with Gasteiger partial charge in [0.15, 0.2) is 11.6 Å². The summed E-state index contributed by atoms with van der Waals surface area (Å²) in [6, 6.07) is 0.662. The monoisotopic (exact) mass is 291 g/mol. The van der Waals surface area contributed by atoms with Crippen LogP contribution >= 0.6 is 0 Å². The number of fused-ring (bicyclic) bond motifs is 1. The molecule has 6 nitrogen and oxygen atoms in total. The summed E-state index contributed by atoms with van der Waals surface area (Å²) >= 11 is 0. The summed E-state index contributed by atoms with van der Waals surface area (Å²) in [5.74, 6) is 2.49. The summed E-state index contributed by atoms with van der Waals surface area (Å²) in [7, 11) is 1.70. The fourth-order valence-corrected chi connectivity index (χ4v) is 3.47. The van der Waals surface area contributed by atoms with Crippen LogP contribution < -0.4 is 15.0 Å². The Bertz CT molecular complexity index is 481. The standard InChI is InChI=1S/C15H25N5O/c1-3-16-14-13(21-2)15(18-11-17-14)20-9-5-8-19-7-4-6-12(19)10-20/h11-12H,3-10H2,1-2H3,(H,16,17,18). The van der Waals surface area contributed by atoms with E-state index in [0.29, 0.717) is 6.04 Å². The molecule has 6 heteroatoms. The summed E-state index contributed by atoms with van der Waals surface area (Å²) in [6.07, 6.45) is 5.43. The minimum absolute atomic E-state index is 0.662. The van der Waals surface area contributed by atoms with Gasteiger partial charge in [-0.15, -0.1) is 0 Å². The lowest BCUT2D eigenvalue weighted by Crippen LogP contribution is -2.37. The maximum Gasteiger partial charge on any atom is 0.204 e. The number of rotatable bonds is 4. The van der Waals surface area contributed by atoms with Crippen LogP contribution in [0.3, 0.4) is 0 Å². The van der Waals surface area contributed by atoms with Crippen molar-refractivity contribution in [3.63, 3.8) is 0 Å². The van der Waals surface area contributed by atoms with Crippen LogP contribution in [-0.2, 0) is 0 Å². The van der Waals surface area contributed by atoms with E-state index in [0.717, 1.165) is 37.0 Å². The molecule has 1 atom stereocenters. The van der Waals surface area contributed by atoms with Crippen LogP contribution in [0.5, 0.6) is 5.75 Å². The van der Waals surface area contributed by atoms with E-state index < -0.39 is 0 Å². The van der Waals surface area contributed by atoms with Crippen molar-refractivity contribution in [2.75, 3.05) is 50.1 Å². The zero-order valence-electron chi connectivity index (χ0n) is 13.0. The lowest BCUT2D eigenvalue weighted by molar-refractivity contribution is 0.273. The van der Waals surface area contributed by atoms with E-state index in [9.17, 15) is 0 Å². The Labute approximate surface area is 126 Å². The van der Waals surface area contributed by atoms with Gasteiger partial charge in [0.05, 0.1) is 7.11 Å². The molecule has 0 aliphatic carbocycles. The molecule has 0 saturated carbocycles. The number of anilines is 2. The van der Waals surface area contributed by atoms with Crippen molar-refractivity contribution in [1.82, 2.24) is 14.9 Å². The third-order valence-corrected chi connectivity index (χ3v) is 4.44. The summed E-state index contributed by atoms with van der Waals surface area (Å²) < 4.78 is 5.59. The Morgan fingerprint density at radius 2 is 2.14 bits per heavy atom. The molecule has 2 aliphatic rings. The van der Waals surface area contributed by atoms with Gasteiger partial charge >= 0.3 is 0 Å². The van der Waals surface area contributed by atoms with E-state index in [4.69, 9.17) is 4.74 Å². The van der Waals surface area contributed by atoms with Crippen LogP contribution in [-0.4, -0.2) is 60.7 Å². The number of hydrogen-bond donors (Lipinski definition) is 1. The van der Waals surface area contributed by atoms with Gasteiger partial charge in [-0.25, -0.2) is 9.97 Å². The number of ether oxygens (including phenoxy) is 1. The fraction of sp³-hybridized carbons (Fsp3) is 0.733. The molecule has 1 unspecified atom stereocenters. The SMILES string of the molecule is CCNc1ncnc(N2CCCN3CCCC3C2)c1OC. The minimum Gasteiger partial charge on any atom is -0.490 e. The number of hydrogen-bond acceptors (Lipinski definition) is 6. The summed E-state index contributed by atoms with van der Waals surface area (Å²) in [4.78, 5) is 13.8. The zero-order valence-corrected chi connectivity index (χ0v) is 13.0. The van der Waals surface area contributed by atoms with Crippen LogP contribution in [0.2, 0.25) is 0 Å². The Hall–Kier alpha value is -1.56. The molecular formula is C15H25N5O. The minimum atomic E-state index is 0.662. The van der Waals surface area contributed by atoms with Gasteiger partial charge in [-0.1, -0.05) is 0 Å². The van der Waals surface area contributed by atoms with Crippen molar-refractivity contribution in [3.8, 4) is 5.75 Å². The van der Waals surface area contributed by atoms with E-state index >= 15 is 0 Å². The van der Waals surface area contributed by atoms with Gasteiger partial charge < -0.3 is 15.0 Å². The molecule has 1 aromatic rings. The number of nitrogens with one attached hydrogen (secondary N) is 1. The first-order valence-corrected chi connectivity index (χ1v) is 7.95. The van der Waals surface area contributed by atoms with Crippen LogP contribution in [0.1, 0.15) is 26.2 Å². The Kier molecular flexibility index (Phi) is 4.43. The topological polar surface area (TPSA) is 53.5 Å². The number of nitrogens with zero attached hydrogens (tertiary/aromatic N) is 4. The normalized spacial score (nSPS) is 22.8. The van der Waals surface area contributed by atoms with Crippen molar-refractivity contribution >= 4 is 11.6 Å². The highest BCUT2D eigenvalue weighted by Crippen LogP contribution is 2.34. The van der Waals surface area contributed by atoms with Crippen molar-refractivity contribution in [2.24, 2.45) is 0 Å². The maximum absolute atomic E-state index is 5.59. The molecule has 0 aromatic carbocycles.